The van der Waals surface area contributed by atoms with E-state index in [1.165, 1.54) is 0 Å². The molecule has 0 heterocycles. The average Bonchev–Trinajstić information content (AvgIpc) is 2.24. The first kappa shape index (κ1) is 9.87. The van der Waals surface area contributed by atoms with Crippen LogP contribution in [-0.2, 0) is 0 Å². The maximum Gasteiger partial charge on any atom is 0.150 e. The number of rotatable bonds is 2. The van der Waals surface area contributed by atoms with Crippen LogP contribution in [-0.4, -0.2) is 0 Å². The van der Waals surface area contributed by atoms with Crippen molar-refractivity contribution in [3.05, 3.63) is 53.6 Å². The van der Waals surface area contributed by atoms with E-state index in [4.69, 9.17) is 22.1 Å². The van der Waals surface area contributed by atoms with Crippen LogP contribution in [0.2, 0.25) is 5.02 Å². The van der Waals surface area contributed by atoms with Crippen LogP contribution in [0.25, 0.3) is 0 Å². The maximum atomic E-state index is 5.96. The molecule has 0 fully saturated rings. The van der Waals surface area contributed by atoms with Gasteiger partial charge in [-0.25, -0.2) is 0 Å². The molecular formula is C12H10ClNO. The Balaban J connectivity index is 2.30. The number of nitrogen functional groups attached to an aromatic ring is 1. The first-order valence-electron chi connectivity index (χ1n) is 4.54. The van der Waals surface area contributed by atoms with Crippen molar-refractivity contribution < 1.29 is 4.74 Å². The quantitative estimate of drug-likeness (QED) is 0.782. The summed E-state index contributed by atoms with van der Waals surface area (Å²) in [6.07, 6.45) is 0. The van der Waals surface area contributed by atoms with Gasteiger partial charge >= 0.3 is 0 Å². The van der Waals surface area contributed by atoms with E-state index in [1.807, 2.05) is 24.3 Å². The van der Waals surface area contributed by atoms with Gasteiger partial charge in [0, 0.05) is 0 Å². The number of para-hydroxylation sites is 3. The maximum absolute atomic E-state index is 5.96. The molecule has 0 aliphatic carbocycles. The summed E-state index contributed by atoms with van der Waals surface area (Å²) in [5.74, 6) is 1.22. The van der Waals surface area contributed by atoms with Crippen LogP contribution < -0.4 is 10.5 Å². The molecule has 0 atom stereocenters. The van der Waals surface area contributed by atoms with Crippen molar-refractivity contribution in [1.29, 1.82) is 0 Å². The predicted molar refractivity (Wildman–Crippen MR) is 62.4 cm³/mol. The lowest BCUT2D eigenvalue weighted by atomic mass is 10.3. The van der Waals surface area contributed by atoms with E-state index in [1.54, 1.807) is 24.3 Å². The minimum absolute atomic E-state index is 0.570. The fraction of sp³-hybridized carbons (Fsp3) is 0. The highest BCUT2D eigenvalue weighted by atomic mass is 35.5. The smallest absolute Gasteiger partial charge is 0.150 e. The Morgan fingerprint density at radius 1 is 0.867 bits per heavy atom. The van der Waals surface area contributed by atoms with E-state index in [9.17, 15) is 0 Å². The minimum Gasteiger partial charge on any atom is -0.454 e. The molecule has 0 bridgehead atoms. The van der Waals surface area contributed by atoms with Crippen molar-refractivity contribution in [2.45, 2.75) is 0 Å². The Morgan fingerprint density at radius 2 is 1.47 bits per heavy atom. The molecule has 3 heteroatoms. The number of hydrogen-bond acceptors (Lipinski definition) is 2. The second-order valence-corrected chi connectivity index (χ2v) is 3.48. The molecule has 2 aromatic rings. The van der Waals surface area contributed by atoms with E-state index >= 15 is 0 Å². The van der Waals surface area contributed by atoms with E-state index in [-0.39, 0.29) is 0 Å². The second-order valence-electron chi connectivity index (χ2n) is 3.07. The Morgan fingerprint density at radius 3 is 2.13 bits per heavy atom. The molecule has 0 aliphatic rings. The van der Waals surface area contributed by atoms with E-state index in [0.29, 0.717) is 22.2 Å². The minimum atomic E-state index is 0.570. The van der Waals surface area contributed by atoms with Gasteiger partial charge in [-0.1, -0.05) is 35.9 Å². The summed E-state index contributed by atoms with van der Waals surface area (Å²) in [7, 11) is 0. The van der Waals surface area contributed by atoms with Gasteiger partial charge < -0.3 is 10.5 Å². The SMILES string of the molecule is Nc1ccccc1Oc1ccccc1Cl. The van der Waals surface area contributed by atoms with E-state index in [0.717, 1.165) is 0 Å². The summed E-state index contributed by atoms with van der Waals surface area (Å²) >= 11 is 5.96. The molecule has 2 aromatic carbocycles. The molecule has 0 aromatic heterocycles. The van der Waals surface area contributed by atoms with Gasteiger partial charge in [0.1, 0.15) is 11.5 Å². The summed E-state index contributed by atoms with van der Waals surface area (Å²) < 4.78 is 5.58. The monoisotopic (exact) mass is 219 g/mol. The van der Waals surface area contributed by atoms with Gasteiger partial charge in [0.2, 0.25) is 0 Å². The molecule has 15 heavy (non-hydrogen) atoms. The molecule has 0 unspecified atom stereocenters. The standard InChI is InChI=1S/C12H10ClNO/c13-9-5-1-3-7-11(9)15-12-8-4-2-6-10(12)14/h1-8H,14H2. The van der Waals surface area contributed by atoms with Crippen LogP contribution >= 0.6 is 11.6 Å². The molecule has 0 amide bonds. The van der Waals surface area contributed by atoms with Crippen molar-refractivity contribution in [1.82, 2.24) is 0 Å². The Bertz CT molecular complexity index is 427. The highest BCUT2D eigenvalue weighted by molar-refractivity contribution is 6.32. The zero-order chi connectivity index (χ0) is 10.7. The van der Waals surface area contributed by atoms with Crippen molar-refractivity contribution in [2.75, 3.05) is 5.73 Å². The van der Waals surface area contributed by atoms with Crippen LogP contribution in [0.1, 0.15) is 0 Å². The van der Waals surface area contributed by atoms with E-state index < -0.39 is 0 Å². The van der Waals surface area contributed by atoms with Crippen LogP contribution in [0.3, 0.4) is 0 Å². The highest BCUT2D eigenvalue weighted by Gasteiger charge is 2.03. The Hall–Kier alpha value is -1.67. The molecule has 0 spiro atoms. The molecule has 76 valence electrons. The second kappa shape index (κ2) is 4.24. The first-order valence-corrected chi connectivity index (χ1v) is 4.92. The van der Waals surface area contributed by atoms with Gasteiger partial charge in [-0.05, 0) is 24.3 Å². The molecule has 0 aliphatic heterocycles. The molecular weight excluding hydrogens is 210 g/mol. The van der Waals surface area contributed by atoms with Crippen molar-refractivity contribution >= 4 is 17.3 Å². The van der Waals surface area contributed by atoms with Gasteiger partial charge in [0.15, 0.2) is 0 Å². The zero-order valence-electron chi connectivity index (χ0n) is 7.98. The molecule has 0 radical (unpaired) electrons. The number of halogens is 1. The first-order chi connectivity index (χ1) is 7.27. The summed E-state index contributed by atoms with van der Waals surface area (Å²) in [4.78, 5) is 0. The van der Waals surface area contributed by atoms with Crippen LogP contribution in [0.4, 0.5) is 5.69 Å². The number of nitrogens with two attached hydrogens (primary N) is 1. The van der Waals surface area contributed by atoms with Crippen LogP contribution in [0, 0.1) is 0 Å². The van der Waals surface area contributed by atoms with E-state index in [2.05, 4.69) is 0 Å². The zero-order valence-corrected chi connectivity index (χ0v) is 8.74. The summed E-state index contributed by atoms with van der Waals surface area (Å²) in [6.45, 7) is 0. The molecule has 2 rings (SSSR count). The average molecular weight is 220 g/mol. The van der Waals surface area contributed by atoms with Gasteiger partial charge in [-0.15, -0.1) is 0 Å². The van der Waals surface area contributed by atoms with Gasteiger partial charge in [0.05, 0.1) is 10.7 Å². The van der Waals surface area contributed by atoms with Crippen LogP contribution in [0.15, 0.2) is 48.5 Å². The summed E-state index contributed by atoms with van der Waals surface area (Å²) in [6, 6.07) is 14.6. The Labute approximate surface area is 93.2 Å². The third-order valence-corrected chi connectivity index (χ3v) is 2.29. The highest BCUT2D eigenvalue weighted by Crippen LogP contribution is 2.31. The molecule has 0 saturated heterocycles. The predicted octanol–water partition coefficient (Wildman–Crippen LogP) is 3.71. The van der Waals surface area contributed by atoms with Crippen molar-refractivity contribution in [3.8, 4) is 11.5 Å². The topological polar surface area (TPSA) is 35.2 Å². The van der Waals surface area contributed by atoms with Gasteiger partial charge in [-0.2, -0.15) is 0 Å². The fourth-order valence-corrected chi connectivity index (χ4v) is 1.39. The number of ether oxygens (including phenoxy) is 1. The summed E-state index contributed by atoms with van der Waals surface area (Å²) in [5, 5.41) is 0.570. The number of anilines is 1. The van der Waals surface area contributed by atoms with Crippen molar-refractivity contribution in [2.24, 2.45) is 0 Å². The summed E-state index contributed by atoms with van der Waals surface area (Å²) in [5.41, 5.74) is 6.35. The third kappa shape index (κ3) is 2.22. The lowest BCUT2D eigenvalue weighted by molar-refractivity contribution is 0.485. The van der Waals surface area contributed by atoms with Crippen molar-refractivity contribution in [3.63, 3.8) is 0 Å². The third-order valence-electron chi connectivity index (χ3n) is 1.98. The normalized spacial score (nSPS) is 9.93. The molecule has 2 N–H and O–H groups in total. The lowest BCUT2D eigenvalue weighted by Crippen LogP contribution is -1.91. The largest absolute Gasteiger partial charge is 0.454 e. The number of hydrogen-bond donors (Lipinski definition) is 1. The Kier molecular flexibility index (Phi) is 2.79. The van der Waals surface area contributed by atoms with Crippen LogP contribution in [0.5, 0.6) is 11.5 Å². The molecule has 0 saturated carbocycles. The number of benzene rings is 2. The van der Waals surface area contributed by atoms with Gasteiger partial charge in [0.25, 0.3) is 0 Å². The fourth-order valence-electron chi connectivity index (χ4n) is 1.22. The lowest BCUT2D eigenvalue weighted by Gasteiger charge is -2.08. The molecule has 2 nitrogen and oxygen atoms in total. The van der Waals surface area contributed by atoms with Gasteiger partial charge in [-0.3, -0.25) is 0 Å².